The highest BCUT2D eigenvalue weighted by molar-refractivity contribution is 7.90. The standard InChI is InChI=1S/C14H12ClNO2S/c1-11(12-5-3-2-4-6-12)16-19(17,18)14-9-7-13(15)8-10-14/h2-10H,1H3/b16-11-. The van der Waals surface area contributed by atoms with Gasteiger partial charge >= 0.3 is 0 Å². The normalized spacial score (nSPS) is 12.4. The molecule has 0 spiro atoms. The summed E-state index contributed by atoms with van der Waals surface area (Å²) in [4.78, 5) is 0.132. The van der Waals surface area contributed by atoms with E-state index in [2.05, 4.69) is 4.40 Å². The van der Waals surface area contributed by atoms with Crippen molar-refractivity contribution in [2.24, 2.45) is 4.40 Å². The van der Waals surface area contributed by atoms with Gasteiger partial charge in [-0.1, -0.05) is 41.9 Å². The van der Waals surface area contributed by atoms with Crippen LogP contribution in [0.3, 0.4) is 0 Å². The molecule has 3 nitrogen and oxygen atoms in total. The molecule has 0 aromatic heterocycles. The third kappa shape index (κ3) is 3.43. The highest BCUT2D eigenvalue weighted by atomic mass is 35.5. The first-order valence-electron chi connectivity index (χ1n) is 5.61. The lowest BCUT2D eigenvalue weighted by Crippen LogP contribution is -2.03. The molecule has 0 unspecified atom stereocenters. The van der Waals surface area contributed by atoms with Crippen LogP contribution >= 0.6 is 11.6 Å². The van der Waals surface area contributed by atoms with Crippen LogP contribution in [0.2, 0.25) is 5.02 Å². The topological polar surface area (TPSA) is 46.5 Å². The van der Waals surface area contributed by atoms with Crippen LogP contribution in [0, 0.1) is 0 Å². The molecule has 98 valence electrons. The van der Waals surface area contributed by atoms with Crippen LogP contribution in [-0.4, -0.2) is 14.1 Å². The average molecular weight is 294 g/mol. The monoisotopic (exact) mass is 293 g/mol. The number of nitrogens with zero attached hydrogens (tertiary/aromatic N) is 1. The maximum atomic E-state index is 12.1. The maximum absolute atomic E-state index is 12.1. The molecule has 0 saturated heterocycles. The number of hydrogen-bond donors (Lipinski definition) is 0. The molecule has 0 amide bonds. The molecule has 0 N–H and O–H groups in total. The van der Waals surface area contributed by atoms with Gasteiger partial charge in [-0.05, 0) is 36.8 Å². The third-order valence-corrected chi connectivity index (χ3v) is 4.19. The highest BCUT2D eigenvalue weighted by Gasteiger charge is 2.13. The first-order chi connectivity index (χ1) is 8.99. The Morgan fingerprint density at radius 3 is 2.16 bits per heavy atom. The van der Waals surface area contributed by atoms with Crippen LogP contribution < -0.4 is 0 Å². The van der Waals surface area contributed by atoms with E-state index in [-0.39, 0.29) is 4.90 Å². The molecule has 0 bridgehead atoms. The lowest BCUT2D eigenvalue weighted by Gasteiger charge is -2.02. The second kappa shape index (κ2) is 5.55. The van der Waals surface area contributed by atoms with Gasteiger partial charge in [0.15, 0.2) is 0 Å². The van der Waals surface area contributed by atoms with E-state index >= 15 is 0 Å². The van der Waals surface area contributed by atoms with E-state index in [1.54, 1.807) is 6.92 Å². The van der Waals surface area contributed by atoms with Gasteiger partial charge in [-0.3, -0.25) is 0 Å². The molecule has 2 aromatic rings. The molecule has 5 heteroatoms. The van der Waals surface area contributed by atoms with Gasteiger partial charge in [-0.2, -0.15) is 12.8 Å². The molecule has 0 aliphatic heterocycles. The zero-order valence-corrected chi connectivity index (χ0v) is 11.8. The molecular formula is C14H12ClNO2S. The van der Waals surface area contributed by atoms with Crippen LogP contribution in [-0.2, 0) is 10.0 Å². The third-order valence-electron chi connectivity index (χ3n) is 2.56. The van der Waals surface area contributed by atoms with Crippen molar-refractivity contribution in [3.05, 3.63) is 65.2 Å². The SMILES string of the molecule is C/C(=N/S(=O)(=O)c1ccc(Cl)cc1)c1ccccc1. The second-order valence-corrected chi connectivity index (χ2v) is 6.01. The first-order valence-corrected chi connectivity index (χ1v) is 7.43. The van der Waals surface area contributed by atoms with Crippen molar-refractivity contribution in [3.8, 4) is 0 Å². The lowest BCUT2D eigenvalue weighted by atomic mass is 10.1. The van der Waals surface area contributed by atoms with Gasteiger partial charge in [0.25, 0.3) is 10.0 Å². The molecular weight excluding hydrogens is 282 g/mol. The fraction of sp³-hybridized carbons (Fsp3) is 0.0714. The van der Waals surface area contributed by atoms with Crippen LogP contribution in [0.5, 0.6) is 0 Å². The Kier molecular flexibility index (Phi) is 4.02. The molecule has 2 aromatic carbocycles. The minimum Gasteiger partial charge on any atom is -0.199 e. The summed E-state index contributed by atoms with van der Waals surface area (Å²) in [5, 5.41) is 0.489. The van der Waals surface area contributed by atoms with E-state index in [4.69, 9.17) is 11.6 Å². The van der Waals surface area contributed by atoms with Gasteiger partial charge in [0.1, 0.15) is 0 Å². The number of hydrogen-bond acceptors (Lipinski definition) is 2. The van der Waals surface area contributed by atoms with Crippen molar-refractivity contribution in [3.63, 3.8) is 0 Å². The van der Waals surface area contributed by atoms with Crippen molar-refractivity contribution in [1.82, 2.24) is 0 Å². The minimum atomic E-state index is -3.70. The van der Waals surface area contributed by atoms with Crippen LogP contribution in [0.15, 0.2) is 63.9 Å². The van der Waals surface area contributed by atoms with Gasteiger partial charge in [-0.25, -0.2) is 0 Å². The summed E-state index contributed by atoms with van der Waals surface area (Å²) in [6.45, 7) is 1.67. The minimum absolute atomic E-state index is 0.132. The Bertz CT molecular complexity index is 692. The molecule has 0 fully saturated rings. The fourth-order valence-corrected chi connectivity index (χ4v) is 2.75. The van der Waals surface area contributed by atoms with Gasteiger partial charge in [0, 0.05) is 5.02 Å². The van der Waals surface area contributed by atoms with Crippen LogP contribution in [0.1, 0.15) is 12.5 Å². The summed E-state index contributed by atoms with van der Waals surface area (Å²) < 4.78 is 28.0. The molecule has 0 aliphatic carbocycles. The van der Waals surface area contributed by atoms with Crippen molar-refractivity contribution in [2.45, 2.75) is 11.8 Å². The predicted octanol–water partition coefficient (Wildman–Crippen LogP) is 3.54. The molecule has 0 radical (unpaired) electrons. The summed E-state index contributed by atoms with van der Waals surface area (Å²) in [5.74, 6) is 0. The van der Waals surface area contributed by atoms with E-state index in [0.717, 1.165) is 5.56 Å². The number of benzene rings is 2. The quantitative estimate of drug-likeness (QED) is 0.813. The van der Waals surface area contributed by atoms with Crippen molar-refractivity contribution in [2.75, 3.05) is 0 Å². The summed E-state index contributed by atoms with van der Waals surface area (Å²) >= 11 is 5.73. The number of rotatable bonds is 3. The Balaban J connectivity index is 2.39. The maximum Gasteiger partial charge on any atom is 0.282 e. The molecule has 0 heterocycles. The molecule has 2 rings (SSSR count). The van der Waals surface area contributed by atoms with Crippen molar-refractivity contribution in [1.29, 1.82) is 0 Å². The van der Waals surface area contributed by atoms with Crippen molar-refractivity contribution < 1.29 is 8.42 Å². The van der Waals surface area contributed by atoms with Gasteiger partial charge < -0.3 is 0 Å². The fourth-order valence-electron chi connectivity index (χ4n) is 1.57. The smallest absolute Gasteiger partial charge is 0.199 e. The predicted molar refractivity (Wildman–Crippen MR) is 77.3 cm³/mol. The molecule has 0 aliphatic rings. The van der Waals surface area contributed by atoms with E-state index in [0.29, 0.717) is 10.7 Å². The Hall–Kier alpha value is -1.65. The van der Waals surface area contributed by atoms with Crippen LogP contribution in [0.4, 0.5) is 0 Å². The Morgan fingerprint density at radius 1 is 1.00 bits per heavy atom. The lowest BCUT2D eigenvalue weighted by molar-refractivity contribution is 0.598. The van der Waals surface area contributed by atoms with E-state index < -0.39 is 10.0 Å². The van der Waals surface area contributed by atoms with Crippen molar-refractivity contribution >= 4 is 27.3 Å². The number of sulfonamides is 1. The molecule has 19 heavy (non-hydrogen) atoms. The summed E-state index contributed by atoms with van der Waals surface area (Å²) in [6.07, 6.45) is 0. The molecule has 0 saturated carbocycles. The summed E-state index contributed by atoms with van der Waals surface area (Å²) in [5.41, 5.74) is 1.23. The van der Waals surface area contributed by atoms with E-state index in [1.807, 2.05) is 30.3 Å². The zero-order valence-electron chi connectivity index (χ0n) is 10.2. The van der Waals surface area contributed by atoms with Gasteiger partial charge in [0.05, 0.1) is 10.6 Å². The Morgan fingerprint density at radius 2 is 1.58 bits per heavy atom. The van der Waals surface area contributed by atoms with E-state index in [9.17, 15) is 8.42 Å². The first kappa shape index (κ1) is 13.8. The summed E-state index contributed by atoms with van der Waals surface area (Å²) in [6, 6.07) is 15.1. The summed E-state index contributed by atoms with van der Waals surface area (Å²) in [7, 11) is -3.70. The van der Waals surface area contributed by atoms with Gasteiger partial charge in [-0.15, -0.1) is 0 Å². The second-order valence-electron chi connectivity index (χ2n) is 3.97. The highest BCUT2D eigenvalue weighted by Crippen LogP contribution is 2.17. The number of halogens is 1. The average Bonchev–Trinajstić information content (AvgIpc) is 2.40. The van der Waals surface area contributed by atoms with E-state index in [1.165, 1.54) is 24.3 Å². The zero-order chi connectivity index (χ0) is 13.9. The van der Waals surface area contributed by atoms with Crippen LogP contribution in [0.25, 0.3) is 0 Å². The largest absolute Gasteiger partial charge is 0.282 e. The Labute approximate surface area is 117 Å². The molecule has 0 atom stereocenters. The van der Waals surface area contributed by atoms with Gasteiger partial charge in [0.2, 0.25) is 0 Å².